The molecule has 0 aliphatic rings. The van der Waals surface area contributed by atoms with Crippen LogP contribution in [-0.2, 0) is 9.59 Å². The maximum atomic E-state index is 11.9. The van der Waals surface area contributed by atoms with Gasteiger partial charge in [-0.25, -0.2) is 9.59 Å². The first kappa shape index (κ1) is 20.7. The quantitative estimate of drug-likeness (QED) is 0.239. The molecule has 13 heteroatoms. The van der Waals surface area contributed by atoms with E-state index >= 15 is 0 Å². The molecule has 12 nitrogen and oxygen atoms in total. The van der Waals surface area contributed by atoms with E-state index in [1.165, 1.54) is 6.92 Å². The van der Waals surface area contributed by atoms with Crippen molar-refractivity contribution in [2.24, 2.45) is 11.5 Å². The molecule has 0 saturated carbocycles. The molecular weight excluding hydrogens is 356 g/mol. The molecule has 0 radical (unpaired) electrons. The Bertz CT molecular complexity index is 623. The number of amides is 3. The molecule has 4 atom stereocenters. The standard InChI is InChI=1S/C12H20N6O6S/c1-4(19)8(11(21)22)16-12(23)15-6(2-7(14)20)10-17-9(18-24-10)5(13)3-25/h4-6,8,19,25H,2-3,13H2,1H3,(H2,14,20)(H,21,22)(H2,15,16,23)/t4?,5-,6?,8-/m0/s1. The number of nitrogens with one attached hydrogen (secondary N) is 2. The highest BCUT2D eigenvalue weighted by molar-refractivity contribution is 7.80. The van der Waals surface area contributed by atoms with Crippen LogP contribution in [0.15, 0.2) is 4.52 Å². The summed E-state index contributed by atoms with van der Waals surface area (Å²) in [6.07, 6.45) is -1.72. The van der Waals surface area contributed by atoms with Gasteiger partial charge < -0.3 is 36.8 Å². The Kier molecular flexibility index (Phi) is 7.60. The van der Waals surface area contributed by atoms with Gasteiger partial charge in [-0.1, -0.05) is 5.16 Å². The summed E-state index contributed by atoms with van der Waals surface area (Å²) in [4.78, 5) is 38.1. The largest absolute Gasteiger partial charge is 0.480 e. The van der Waals surface area contributed by atoms with E-state index in [0.717, 1.165) is 0 Å². The van der Waals surface area contributed by atoms with Gasteiger partial charge in [0.1, 0.15) is 6.04 Å². The van der Waals surface area contributed by atoms with Crippen LogP contribution in [0.2, 0.25) is 0 Å². The van der Waals surface area contributed by atoms with Gasteiger partial charge in [0.25, 0.3) is 0 Å². The zero-order chi connectivity index (χ0) is 19.1. The van der Waals surface area contributed by atoms with E-state index in [9.17, 15) is 19.5 Å². The van der Waals surface area contributed by atoms with E-state index in [4.69, 9.17) is 21.1 Å². The highest BCUT2D eigenvalue weighted by atomic mass is 32.1. The Morgan fingerprint density at radius 2 is 2.00 bits per heavy atom. The number of carboxylic acids is 1. The van der Waals surface area contributed by atoms with Crippen LogP contribution in [0.3, 0.4) is 0 Å². The Balaban J connectivity index is 2.89. The minimum absolute atomic E-state index is 0.120. The van der Waals surface area contributed by atoms with Crippen molar-refractivity contribution in [3.8, 4) is 0 Å². The monoisotopic (exact) mass is 376 g/mol. The molecule has 0 aliphatic heterocycles. The Labute approximate surface area is 147 Å². The van der Waals surface area contributed by atoms with E-state index in [2.05, 4.69) is 33.4 Å². The van der Waals surface area contributed by atoms with Gasteiger partial charge in [-0.3, -0.25) is 4.79 Å². The van der Waals surface area contributed by atoms with Crippen molar-refractivity contribution in [2.75, 3.05) is 5.75 Å². The maximum absolute atomic E-state index is 11.9. The first-order valence-corrected chi connectivity index (χ1v) is 7.75. The third kappa shape index (κ3) is 6.21. The van der Waals surface area contributed by atoms with Crippen molar-refractivity contribution in [2.45, 2.75) is 37.6 Å². The first-order valence-electron chi connectivity index (χ1n) is 7.11. The zero-order valence-electron chi connectivity index (χ0n) is 13.2. The van der Waals surface area contributed by atoms with Crippen LogP contribution in [-0.4, -0.2) is 56.2 Å². The number of aliphatic carboxylic acids is 1. The topological polar surface area (TPSA) is 207 Å². The molecule has 8 N–H and O–H groups in total. The number of urea groups is 1. The van der Waals surface area contributed by atoms with Gasteiger partial charge in [-0.2, -0.15) is 17.6 Å². The number of carbonyl (C=O) groups excluding carboxylic acids is 2. The second-order valence-corrected chi connectivity index (χ2v) is 5.54. The molecule has 0 bridgehead atoms. The molecule has 1 rings (SSSR count). The zero-order valence-corrected chi connectivity index (χ0v) is 14.1. The molecule has 3 amide bonds. The van der Waals surface area contributed by atoms with E-state index < -0.39 is 42.1 Å². The fraction of sp³-hybridized carbons (Fsp3) is 0.583. The minimum Gasteiger partial charge on any atom is -0.480 e. The summed E-state index contributed by atoms with van der Waals surface area (Å²) in [7, 11) is 0. The van der Waals surface area contributed by atoms with Crippen molar-refractivity contribution in [1.29, 1.82) is 0 Å². The van der Waals surface area contributed by atoms with Crippen molar-refractivity contribution >= 4 is 30.5 Å². The second kappa shape index (κ2) is 9.19. The van der Waals surface area contributed by atoms with Crippen molar-refractivity contribution in [3.63, 3.8) is 0 Å². The Morgan fingerprint density at radius 3 is 2.48 bits per heavy atom. The van der Waals surface area contributed by atoms with Crippen LogP contribution in [0, 0.1) is 0 Å². The lowest BCUT2D eigenvalue weighted by atomic mass is 10.2. The highest BCUT2D eigenvalue weighted by Gasteiger charge is 2.29. The number of rotatable bonds is 9. The molecule has 1 heterocycles. The lowest BCUT2D eigenvalue weighted by molar-refractivity contribution is -0.141. The van der Waals surface area contributed by atoms with Crippen molar-refractivity contribution < 1.29 is 29.1 Å². The third-order valence-electron chi connectivity index (χ3n) is 3.03. The second-order valence-electron chi connectivity index (χ2n) is 5.18. The lowest BCUT2D eigenvalue weighted by Gasteiger charge is -2.19. The number of primary amides is 1. The highest BCUT2D eigenvalue weighted by Crippen LogP contribution is 2.17. The van der Waals surface area contributed by atoms with Crippen LogP contribution in [0.25, 0.3) is 0 Å². The van der Waals surface area contributed by atoms with E-state index in [0.29, 0.717) is 0 Å². The number of aliphatic hydroxyl groups is 1. The molecule has 0 saturated heterocycles. The molecular formula is C12H20N6O6S. The summed E-state index contributed by atoms with van der Waals surface area (Å²) >= 11 is 4.00. The third-order valence-corrected chi connectivity index (χ3v) is 3.42. The summed E-state index contributed by atoms with van der Waals surface area (Å²) in [5.41, 5.74) is 10.8. The lowest BCUT2D eigenvalue weighted by Crippen LogP contribution is -2.52. The van der Waals surface area contributed by atoms with Crippen LogP contribution in [0.4, 0.5) is 4.79 Å². The molecule has 1 aromatic heterocycles. The number of nitrogens with zero attached hydrogens (tertiary/aromatic N) is 2. The van der Waals surface area contributed by atoms with E-state index in [-0.39, 0.29) is 23.9 Å². The van der Waals surface area contributed by atoms with E-state index in [1.54, 1.807) is 0 Å². The fourth-order valence-corrected chi connectivity index (χ4v) is 1.92. The Hall–Kier alpha value is -2.38. The number of aromatic nitrogens is 2. The van der Waals surface area contributed by atoms with Crippen molar-refractivity contribution in [1.82, 2.24) is 20.8 Å². The summed E-state index contributed by atoms with van der Waals surface area (Å²) < 4.78 is 4.96. The van der Waals surface area contributed by atoms with Gasteiger partial charge in [0.05, 0.1) is 18.6 Å². The number of nitrogens with two attached hydrogens (primary N) is 2. The van der Waals surface area contributed by atoms with Gasteiger partial charge in [-0.05, 0) is 6.92 Å². The van der Waals surface area contributed by atoms with Crippen LogP contribution in [0.5, 0.6) is 0 Å². The maximum Gasteiger partial charge on any atom is 0.328 e. The molecule has 0 aromatic carbocycles. The smallest absolute Gasteiger partial charge is 0.328 e. The number of carbonyl (C=O) groups is 3. The number of carboxylic acid groups (broad SMARTS) is 1. The van der Waals surface area contributed by atoms with Gasteiger partial charge in [0.15, 0.2) is 11.9 Å². The number of aliphatic hydroxyl groups excluding tert-OH is 1. The molecule has 1 aromatic rings. The van der Waals surface area contributed by atoms with Crippen LogP contribution >= 0.6 is 12.6 Å². The summed E-state index contributed by atoms with van der Waals surface area (Å²) in [6.45, 7) is 1.20. The van der Waals surface area contributed by atoms with Gasteiger partial charge in [0, 0.05) is 5.75 Å². The number of thiol groups is 1. The minimum atomic E-state index is -1.55. The average Bonchev–Trinajstić information content (AvgIpc) is 3.00. The molecule has 0 spiro atoms. The van der Waals surface area contributed by atoms with Gasteiger partial charge in [-0.15, -0.1) is 0 Å². The average molecular weight is 376 g/mol. The fourth-order valence-electron chi connectivity index (χ4n) is 1.75. The van der Waals surface area contributed by atoms with Gasteiger partial charge in [0.2, 0.25) is 11.8 Å². The molecule has 25 heavy (non-hydrogen) atoms. The van der Waals surface area contributed by atoms with Crippen LogP contribution < -0.4 is 22.1 Å². The molecule has 140 valence electrons. The predicted octanol–water partition coefficient (Wildman–Crippen LogP) is -1.95. The normalized spacial score (nSPS) is 15.7. The van der Waals surface area contributed by atoms with Crippen molar-refractivity contribution in [3.05, 3.63) is 11.7 Å². The Morgan fingerprint density at radius 1 is 1.36 bits per heavy atom. The molecule has 0 aliphatic carbocycles. The number of hydrogen-bond donors (Lipinski definition) is 7. The molecule has 2 unspecified atom stereocenters. The molecule has 0 fully saturated rings. The SMILES string of the molecule is CC(O)[C@H](NC(=O)NC(CC(N)=O)c1nc([C@@H](N)CS)no1)C(=O)O. The van der Waals surface area contributed by atoms with E-state index in [1.807, 2.05) is 0 Å². The predicted molar refractivity (Wildman–Crippen MR) is 86.4 cm³/mol. The van der Waals surface area contributed by atoms with Gasteiger partial charge >= 0.3 is 12.0 Å². The summed E-state index contributed by atoms with van der Waals surface area (Å²) in [5.74, 6) is -1.98. The first-order chi connectivity index (χ1) is 11.6. The summed E-state index contributed by atoms with van der Waals surface area (Å²) in [6, 6.07) is -4.24. The summed E-state index contributed by atoms with van der Waals surface area (Å²) in [5, 5.41) is 26.3. The number of hydrogen-bond acceptors (Lipinski definition) is 9. The van der Waals surface area contributed by atoms with Crippen LogP contribution in [0.1, 0.15) is 37.1 Å².